The van der Waals surface area contributed by atoms with Gasteiger partial charge in [-0.05, 0) is 0 Å². The van der Waals surface area contributed by atoms with Gasteiger partial charge in [0, 0.05) is 38.6 Å². The fourth-order valence-electron chi connectivity index (χ4n) is 1.46. The molecule has 1 rings (SSSR count). The Kier molecular flexibility index (Phi) is 9.16. The van der Waals surface area contributed by atoms with Crippen LogP contribution in [0, 0.1) is 25.7 Å². The molecule has 1 saturated carbocycles. The maximum Gasteiger partial charge on any atom is 0.109 e. The Bertz CT molecular complexity index is 126. The molecule has 0 amide bonds. The molecule has 0 N–H and O–H groups in total. The number of carbonyl (C=O) groups excluding carboxylic acids is 1. The molecule has 12 heavy (non-hydrogen) atoms. The molecule has 1 atom stereocenters. The summed E-state index contributed by atoms with van der Waals surface area (Å²) in [5.74, 6) is 0.942. The van der Waals surface area contributed by atoms with E-state index in [1.807, 2.05) is 13.8 Å². The molecule has 69 valence electrons. The van der Waals surface area contributed by atoms with Gasteiger partial charge in [0.1, 0.15) is 5.78 Å². The van der Waals surface area contributed by atoms with E-state index in [1.54, 1.807) is 0 Å². The van der Waals surface area contributed by atoms with Gasteiger partial charge in [-0.2, -0.15) is 6.42 Å². The number of hydrogen-bond donors (Lipinski definition) is 0. The quantitative estimate of drug-likeness (QED) is 0.681. The second kappa shape index (κ2) is 7.20. The molecule has 0 saturated heterocycles. The maximum absolute atomic E-state index is 11.3. The van der Waals surface area contributed by atoms with Crippen molar-refractivity contribution in [1.82, 2.24) is 0 Å². The molecule has 2 heteroatoms. The molecule has 0 aliphatic heterocycles. The average molecular weight is 243 g/mol. The van der Waals surface area contributed by atoms with Crippen LogP contribution >= 0.6 is 0 Å². The fraction of sp³-hybridized carbons (Fsp3) is 0.700. The molecule has 0 aromatic carbocycles. The van der Waals surface area contributed by atoms with Crippen molar-refractivity contribution >= 4 is 5.78 Å². The minimum absolute atomic E-state index is 0. The molecule has 1 fully saturated rings. The van der Waals surface area contributed by atoms with E-state index in [0.29, 0.717) is 11.7 Å². The van der Waals surface area contributed by atoms with E-state index >= 15 is 0 Å². The monoisotopic (exact) mass is 243 g/mol. The van der Waals surface area contributed by atoms with Gasteiger partial charge in [0.05, 0.1) is 0 Å². The minimum atomic E-state index is 0. The van der Waals surface area contributed by atoms with Crippen LogP contribution in [0.3, 0.4) is 0 Å². The van der Waals surface area contributed by atoms with Crippen molar-refractivity contribution < 1.29 is 37.5 Å². The number of ketones is 1. The van der Waals surface area contributed by atoms with Crippen LogP contribution in [-0.4, -0.2) is 5.78 Å². The number of rotatable bonds is 2. The Morgan fingerprint density at radius 1 is 1.50 bits per heavy atom. The summed E-state index contributed by atoms with van der Waals surface area (Å²) in [5, 5.41) is 0. The van der Waals surface area contributed by atoms with Crippen molar-refractivity contribution in [3.05, 3.63) is 13.8 Å². The van der Waals surface area contributed by atoms with Gasteiger partial charge < -0.3 is 18.6 Å². The summed E-state index contributed by atoms with van der Waals surface area (Å²) in [4.78, 5) is 11.3. The van der Waals surface area contributed by atoms with Crippen LogP contribution in [0.25, 0.3) is 0 Å². The Hall–Kier alpha value is 0.774. The smallest absolute Gasteiger partial charge is 0.109 e. The largest absolute Gasteiger partial charge is 0.358 e. The summed E-state index contributed by atoms with van der Waals surface area (Å²) in [5.41, 5.74) is 0. The molecule has 1 aliphatic rings. The van der Waals surface area contributed by atoms with E-state index in [1.165, 1.54) is 6.42 Å². The Morgan fingerprint density at radius 3 is 2.42 bits per heavy atom. The summed E-state index contributed by atoms with van der Waals surface area (Å²) >= 11 is 0. The second-order valence-corrected chi connectivity index (χ2v) is 3.33. The molecule has 0 aromatic rings. The normalized spacial score (nSPS) is 21.4. The van der Waals surface area contributed by atoms with Crippen molar-refractivity contribution in [2.24, 2.45) is 11.8 Å². The minimum Gasteiger partial charge on any atom is -0.358 e. The van der Waals surface area contributed by atoms with Crippen LogP contribution in [0.4, 0.5) is 0 Å². The zero-order chi connectivity index (χ0) is 7.56. The van der Waals surface area contributed by atoms with Gasteiger partial charge in [-0.3, -0.25) is 0 Å². The Balaban J connectivity index is 0. The Morgan fingerprint density at radius 2 is 2.08 bits per heavy atom. The third-order valence-electron chi connectivity index (χ3n) is 2.10. The van der Waals surface area contributed by atoms with E-state index in [9.17, 15) is 4.79 Å². The van der Waals surface area contributed by atoms with E-state index in [2.05, 4.69) is 6.42 Å². The van der Waals surface area contributed by atoms with Crippen LogP contribution in [0.5, 0.6) is 0 Å². The van der Waals surface area contributed by atoms with Gasteiger partial charge >= 0.3 is 0 Å². The second-order valence-electron chi connectivity index (χ2n) is 3.33. The molecule has 0 heterocycles. The van der Waals surface area contributed by atoms with E-state index < -0.39 is 0 Å². The summed E-state index contributed by atoms with van der Waals surface area (Å²) in [6, 6.07) is 0. The maximum atomic E-state index is 11.3. The number of carbonyl (C=O) groups is 1. The molecule has 0 aromatic heterocycles. The van der Waals surface area contributed by atoms with Crippen LogP contribution in [-0.2, 0) is 37.5 Å². The van der Waals surface area contributed by atoms with Crippen molar-refractivity contribution in [2.45, 2.75) is 33.1 Å². The molecule has 1 radical (unpaired) electrons. The first-order chi connectivity index (χ1) is 4.72. The van der Waals surface area contributed by atoms with Crippen LogP contribution in [0.1, 0.15) is 33.1 Å². The Labute approximate surface area is 102 Å². The summed E-state index contributed by atoms with van der Waals surface area (Å²) in [6.45, 7) is 3.96. The molecular formula is C10H18OY-2. The molecule has 1 aliphatic carbocycles. The zero-order valence-corrected chi connectivity index (χ0v) is 11.2. The van der Waals surface area contributed by atoms with Crippen LogP contribution in [0.15, 0.2) is 0 Å². The van der Waals surface area contributed by atoms with E-state index in [4.69, 9.17) is 0 Å². The van der Waals surface area contributed by atoms with Crippen LogP contribution in [0.2, 0.25) is 0 Å². The molecule has 1 unspecified atom stereocenters. The first-order valence-electron chi connectivity index (χ1n) is 4.09. The van der Waals surface area contributed by atoms with Crippen molar-refractivity contribution in [1.29, 1.82) is 0 Å². The molecular weight excluding hydrogens is 225 g/mol. The topological polar surface area (TPSA) is 17.1 Å². The number of hydrogen-bond acceptors (Lipinski definition) is 1. The SMILES string of the molecule is CC(C)C(=O)C1[CH-]CCC1.[CH3-].[Y]. The van der Waals surface area contributed by atoms with Crippen LogP contribution < -0.4 is 0 Å². The fourth-order valence-corrected chi connectivity index (χ4v) is 1.46. The van der Waals surface area contributed by atoms with Gasteiger partial charge in [-0.25, -0.2) is 0 Å². The predicted octanol–water partition coefficient (Wildman–Crippen LogP) is 2.66. The number of Topliss-reactive ketones (excluding diaryl/α,β-unsaturated/α-hetero) is 1. The first-order valence-corrected chi connectivity index (χ1v) is 4.09. The van der Waals surface area contributed by atoms with Crippen molar-refractivity contribution in [2.75, 3.05) is 0 Å². The summed E-state index contributed by atoms with van der Waals surface area (Å²) in [7, 11) is 0. The van der Waals surface area contributed by atoms with Crippen molar-refractivity contribution in [3.8, 4) is 0 Å². The van der Waals surface area contributed by atoms with Crippen molar-refractivity contribution in [3.63, 3.8) is 0 Å². The summed E-state index contributed by atoms with van der Waals surface area (Å²) < 4.78 is 0. The van der Waals surface area contributed by atoms with E-state index in [-0.39, 0.29) is 46.1 Å². The van der Waals surface area contributed by atoms with Gasteiger partial charge in [-0.1, -0.05) is 26.7 Å². The van der Waals surface area contributed by atoms with Gasteiger partial charge in [0.25, 0.3) is 0 Å². The summed E-state index contributed by atoms with van der Waals surface area (Å²) in [6.07, 6.45) is 5.62. The molecule has 0 spiro atoms. The zero-order valence-electron chi connectivity index (χ0n) is 8.34. The van der Waals surface area contributed by atoms with Gasteiger partial charge in [0.2, 0.25) is 0 Å². The predicted molar refractivity (Wildman–Crippen MR) is 47.9 cm³/mol. The molecule has 0 bridgehead atoms. The van der Waals surface area contributed by atoms with Gasteiger partial charge in [-0.15, -0.1) is 5.92 Å². The standard InChI is InChI=1S/C9H15O.CH3.Y/c1-7(2)9(10)8-5-3-4-6-8;;/h5,7-8H,3-4,6H2,1-2H3;1H3;/q2*-1;. The van der Waals surface area contributed by atoms with E-state index in [0.717, 1.165) is 12.8 Å². The third-order valence-corrected chi connectivity index (χ3v) is 2.10. The first kappa shape index (κ1) is 15.3. The van der Waals surface area contributed by atoms with Gasteiger partial charge in [0.15, 0.2) is 0 Å². The average Bonchev–Trinajstić information content (AvgIpc) is 2.36. The molecule has 1 nitrogen and oxygen atoms in total. The third kappa shape index (κ3) is 4.14.